The van der Waals surface area contributed by atoms with Gasteiger partial charge in [-0.25, -0.2) is 0 Å². The lowest BCUT2D eigenvalue weighted by molar-refractivity contribution is 0.837. The lowest BCUT2D eigenvalue weighted by atomic mass is 9.93. The molecule has 2 unspecified atom stereocenters. The van der Waals surface area contributed by atoms with E-state index >= 15 is 0 Å². The number of benzene rings is 2. The van der Waals surface area contributed by atoms with Crippen LogP contribution in [0, 0.1) is 0 Å². The van der Waals surface area contributed by atoms with Gasteiger partial charge in [0.1, 0.15) is 0 Å². The Morgan fingerprint density at radius 2 is 1.68 bits per heavy atom. The molecule has 0 saturated heterocycles. The zero-order valence-corrected chi connectivity index (χ0v) is 11.4. The highest BCUT2D eigenvalue weighted by molar-refractivity contribution is 8.01. The first-order valence-corrected chi connectivity index (χ1v) is 7.92. The molecule has 0 nitrogen and oxygen atoms in total. The van der Waals surface area contributed by atoms with Crippen molar-refractivity contribution in [3.63, 3.8) is 0 Å². The molecule has 0 saturated carbocycles. The number of hydrogen-bond acceptors (Lipinski definition) is 0. The molecule has 0 radical (unpaired) electrons. The minimum absolute atomic E-state index is 0.128. The number of allylic oxidation sites excluding steroid dienone is 4. The summed E-state index contributed by atoms with van der Waals surface area (Å²) in [6, 6.07) is 19.9. The third-order valence-electron chi connectivity index (χ3n) is 3.84. The van der Waals surface area contributed by atoms with Crippen LogP contribution in [0.25, 0.3) is 0 Å². The van der Waals surface area contributed by atoms with Crippen molar-refractivity contribution >= 4 is 10.9 Å². The van der Waals surface area contributed by atoms with E-state index in [1.165, 1.54) is 15.4 Å². The van der Waals surface area contributed by atoms with E-state index in [0.717, 1.165) is 6.42 Å². The van der Waals surface area contributed by atoms with Crippen molar-refractivity contribution in [2.45, 2.75) is 22.1 Å². The van der Waals surface area contributed by atoms with Crippen LogP contribution in [-0.4, -0.2) is 0 Å². The van der Waals surface area contributed by atoms with E-state index < -0.39 is 0 Å². The van der Waals surface area contributed by atoms with Crippen molar-refractivity contribution in [3.8, 4) is 0 Å². The van der Waals surface area contributed by atoms with Gasteiger partial charge in [-0.15, -0.1) is 0 Å². The minimum atomic E-state index is 0.128. The Morgan fingerprint density at radius 1 is 0.895 bits per heavy atom. The van der Waals surface area contributed by atoms with Crippen molar-refractivity contribution in [2.75, 3.05) is 0 Å². The van der Waals surface area contributed by atoms with Crippen molar-refractivity contribution in [1.82, 2.24) is 0 Å². The van der Waals surface area contributed by atoms with Crippen LogP contribution in [0.15, 0.2) is 87.5 Å². The molecule has 4 rings (SSSR count). The number of fused-ring (bicyclic) bond motifs is 3. The Balaban J connectivity index is 1.94. The van der Waals surface area contributed by atoms with Crippen LogP contribution in [0.1, 0.15) is 17.9 Å². The van der Waals surface area contributed by atoms with Crippen LogP contribution < -0.4 is 0 Å². The second kappa shape index (κ2) is 4.43. The van der Waals surface area contributed by atoms with Gasteiger partial charge in [-0.05, 0) is 30.7 Å². The molecule has 2 atom stereocenters. The zero-order chi connectivity index (χ0) is 12.7. The van der Waals surface area contributed by atoms with Crippen LogP contribution >= 0.6 is 0 Å². The molecule has 0 aromatic heterocycles. The quantitative estimate of drug-likeness (QED) is 0.656. The van der Waals surface area contributed by atoms with Gasteiger partial charge < -0.3 is 0 Å². The highest BCUT2D eigenvalue weighted by atomic mass is 32.2. The normalized spacial score (nSPS) is 23.7. The molecule has 0 spiro atoms. The van der Waals surface area contributed by atoms with Gasteiger partial charge in [0, 0.05) is 5.56 Å². The summed E-state index contributed by atoms with van der Waals surface area (Å²) in [6.07, 6.45) is 8.01. The largest absolute Gasteiger partial charge is 0.170 e. The predicted molar refractivity (Wildman–Crippen MR) is 81.4 cm³/mol. The Bertz CT molecular complexity index is 667. The Hall–Kier alpha value is -1.73. The standard InChI is InChI=1S/C18H15S/c1-2-8-14(9-3-1)19-17-12-6-4-10-15(17)16-11-5-7-13-18(16)19/h1-10,12-13,16H,11H2/q+1. The first-order chi connectivity index (χ1) is 9.45. The van der Waals surface area contributed by atoms with Gasteiger partial charge in [0.25, 0.3) is 0 Å². The Labute approximate surface area is 116 Å². The number of rotatable bonds is 1. The van der Waals surface area contributed by atoms with E-state index in [1.807, 2.05) is 0 Å². The predicted octanol–water partition coefficient (Wildman–Crippen LogP) is 4.66. The summed E-state index contributed by atoms with van der Waals surface area (Å²) in [5, 5.41) is 0. The highest BCUT2D eigenvalue weighted by Crippen LogP contribution is 2.50. The average molecular weight is 263 g/mol. The summed E-state index contributed by atoms with van der Waals surface area (Å²) < 4.78 is 0. The van der Waals surface area contributed by atoms with Gasteiger partial charge in [-0.1, -0.05) is 48.6 Å². The summed E-state index contributed by atoms with van der Waals surface area (Å²) in [5.41, 5.74) is 1.53. The minimum Gasteiger partial charge on any atom is -0.0832 e. The fourth-order valence-corrected chi connectivity index (χ4v) is 5.59. The molecule has 19 heavy (non-hydrogen) atoms. The van der Waals surface area contributed by atoms with E-state index in [9.17, 15) is 0 Å². The fraction of sp³-hybridized carbons (Fsp3) is 0.111. The van der Waals surface area contributed by atoms with Crippen molar-refractivity contribution in [2.24, 2.45) is 0 Å². The summed E-state index contributed by atoms with van der Waals surface area (Å²) >= 11 is 0. The summed E-state index contributed by atoms with van der Waals surface area (Å²) in [4.78, 5) is 4.56. The molecule has 0 N–H and O–H groups in total. The third kappa shape index (κ3) is 1.69. The monoisotopic (exact) mass is 263 g/mol. The third-order valence-corrected chi connectivity index (χ3v) is 6.29. The molecule has 2 aromatic carbocycles. The molecule has 92 valence electrons. The van der Waals surface area contributed by atoms with E-state index in [0.29, 0.717) is 5.92 Å². The molecule has 1 heterocycles. The van der Waals surface area contributed by atoms with E-state index in [2.05, 4.69) is 72.8 Å². The molecule has 0 bridgehead atoms. The van der Waals surface area contributed by atoms with Crippen molar-refractivity contribution < 1.29 is 0 Å². The van der Waals surface area contributed by atoms with Crippen LogP contribution in [0.3, 0.4) is 0 Å². The van der Waals surface area contributed by atoms with Gasteiger partial charge in [-0.3, -0.25) is 0 Å². The smallest absolute Gasteiger partial charge is 0.0832 e. The topological polar surface area (TPSA) is 0 Å². The second-order valence-corrected chi connectivity index (χ2v) is 6.94. The maximum absolute atomic E-state index is 2.34. The second-order valence-electron chi connectivity index (χ2n) is 4.94. The molecule has 0 amide bonds. The highest BCUT2D eigenvalue weighted by Gasteiger charge is 2.46. The molecular weight excluding hydrogens is 248 g/mol. The average Bonchev–Trinajstić information content (AvgIpc) is 2.83. The molecule has 1 aliphatic heterocycles. The summed E-state index contributed by atoms with van der Waals surface area (Å²) in [5.74, 6) is 0.602. The van der Waals surface area contributed by atoms with Crippen molar-refractivity contribution in [3.05, 3.63) is 83.3 Å². The van der Waals surface area contributed by atoms with E-state index in [1.54, 1.807) is 4.91 Å². The van der Waals surface area contributed by atoms with Crippen LogP contribution in [0.4, 0.5) is 0 Å². The van der Waals surface area contributed by atoms with E-state index in [4.69, 9.17) is 0 Å². The fourth-order valence-electron chi connectivity index (χ4n) is 3.00. The van der Waals surface area contributed by atoms with Gasteiger partial charge in [0.2, 0.25) is 0 Å². The van der Waals surface area contributed by atoms with Gasteiger partial charge >= 0.3 is 0 Å². The summed E-state index contributed by atoms with van der Waals surface area (Å²) in [7, 11) is 0.128. The zero-order valence-electron chi connectivity index (χ0n) is 10.6. The Kier molecular flexibility index (Phi) is 2.59. The van der Waals surface area contributed by atoms with Crippen LogP contribution in [0.5, 0.6) is 0 Å². The molecule has 1 aliphatic carbocycles. The molecule has 0 fully saturated rings. The van der Waals surface area contributed by atoms with Gasteiger partial charge in [0.05, 0.1) is 16.8 Å². The maximum atomic E-state index is 2.34. The first kappa shape index (κ1) is 11.1. The summed E-state index contributed by atoms with van der Waals surface area (Å²) in [6.45, 7) is 0. The van der Waals surface area contributed by atoms with Crippen molar-refractivity contribution in [1.29, 1.82) is 0 Å². The van der Waals surface area contributed by atoms with Gasteiger partial charge in [0.15, 0.2) is 14.7 Å². The molecule has 2 aromatic rings. The van der Waals surface area contributed by atoms with Crippen LogP contribution in [0.2, 0.25) is 0 Å². The lowest BCUT2D eigenvalue weighted by Crippen LogP contribution is -2.05. The first-order valence-electron chi connectivity index (χ1n) is 6.70. The molecule has 2 aliphatic rings. The molecular formula is C18H15S+. The SMILES string of the molecule is C1=CCC2C(=C1)[S+](c1ccccc1)c1ccccc12. The lowest BCUT2D eigenvalue weighted by Gasteiger charge is -2.10. The molecule has 1 heteroatoms. The van der Waals surface area contributed by atoms with E-state index in [-0.39, 0.29) is 10.9 Å². The van der Waals surface area contributed by atoms with Gasteiger partial charge in [-0.2, -0.15) is 0 Å². The Morgan fingerprint density at radius 3 is 2.58 bits per heavy atom. The number of hydrogen-bond donors (Lipinski definition) is 0. The van der Waals surface area contributed by atoms with Crippen LogP contribution in [-0.2, 0) is 10.9 Å². The maximum Gasteiger partial charge on any atom is 0.170 e.